The second-order valence-electron chi connectivity index (χ2n) is 6.73. The third kappa shape index (κ3) is 4.89. The summed E-state index contributed by atoms with van der Waals surface area (Å²) in [7, 11) is 0. The summed E-state index contributed by atoms with van der Waals surface area (Å²) in [5.74, 6) is -0.348. The predicted molar refractivity (Wildman–Crippen MR) is 94.4 cm³/mol. The van der Waals surface area contributed by atoms with Crippen molar-refractivity contribution in [1.29, 1.82) is 0 Å². The summed E-state index contributed by atoms with van der Waals surface area (Å²) in [6, 6.07) is 6.84. The highest BCUT2D eigenvalue weighted by Gasteiger charge is 2.24. The van der Waals surface area contributed by atoms with Gasteiger partial charge in [0.1, 0.15) is 5.82 Å². The van der Waals surface area contributed by atoms with Crippen LogP contribution in [0.4, 0.5) is 4.39 Å². The molecular formula is C19H25FN4O. The first-order valence-corrected chi connectivity index (χ1v) is 8.85. The summed E-state index contributed by atoms with van der Waals surface area (Å²) < 4.78 is 15.6. The fourth-order valence-electron chi connectivity index (χ4n) is 3.33. The quantitative estimate of drug-likeness (QED) is 0.876. The number of hydrogen-bond acceptors (Lipinski definition) is 3. The number of nitrogens with zero attached hydrogens (tertiary/aromatic N) is 3. The van der Waals surface area contributed by atoms with Gasteiger partial charge < -0.3 is 5.32 Å². The Kier molecular flexibility index (Phi) is 5.81. The van der Waals surface area contributed by atoms with Crippen molar-refractivity contribution in [3.8, 4) is 0 Å². The Balaban J connectivity index is 1.53. The molecule has 1 aromatic heterocycles. The minimum atomic E-state index is -0.285. The number of hydrogen-bond donors (Lipinski definition) is 1. The van der Waals surface area contributed by atoms with Gasteiger partial charge in [-0.25, -0.2) is 4.39 Å². The number of nitrogens with one attached hydrogen (secondary N) is 1. The van der Waals surface area contributed by atoms with Crippen LogP contribution in [0.2, 0.25) is 0 Å². The SMILES string of the molecule is Cc1cnn(C[C@H]2CCCCN2CC(=O)NCc2ccccc2F)c1. The van der Waals surface area contributed by atoms with Crippen LogP contribution in [-0.2, 0) is 17.9 Å². The van der Waals surface area contributed by atoms with Gasteiger partial charge in [0.2, 0.25) is 5.91 Å². The summed E-state index contributed by atoms with van der Waals surface area (Å²) in [6.07, 6.45) is 7.24. The molecule has 25 heavy (non-hydrogen) atoms. The van der Waals surface area contributed by atoms with E-state index in [0.29, 0.717) is 18.2 Å². The van der Waals surface area contributed by atoms with Gasteiger partial charge in [-0.15, -0.1) is 0 Å². The maximum Gasteiger partial charge on any atom is 0.234 e. The minimum absolute atomic E-state index is 0.0631. The maximum atomic E-state index is 13.6. The number of aromatic nitrogens is 2. The molecule has 1 fully saturated rings. The van der Waals surface area contributed by atoms with Crippen molar-refractivity contribution in [3.05, 3.63) is 53.6 Å². The summed E-state index contributed by atoms with van der Waals surface area (Å²) >= 11 is 0. The standard InChI is InChI=1S/C19H25FN4O/c1-15-10-22-24(12-15)13-17-7-4-5-9-23(17)14-19(25)21-11-16-6-2-3-8-18(16)20/h2-3,6,8,10,12,17H,4-5,7,9,11,13-14H2,1H3,(H,21,25)/t17-/m1/s1. The van der Waals surface area contributed by atoms with Crippen molar-refractivity contribution in [1.82, 2.24) is 20.0 Å². The lowest BCUT2D eigenvalue weighted by Crippen LogP contribution is -2.47. The van der Waals surface area contributed by atoms with Crippen LogP contribution in [-0.4, -0.2) is 39.7 Å². The summed E-state index contributed by atoms with van der Waals surface area (Å²) in [4.78, 5) is 14.5. The zero-order valence-corrected chi connectivity index (χ0v) is 14.6. The van der Waals surface area contributed by atoms with Gasteiger partial charge in [-0.2, -0.15) is 5.10 Å². The molecule has 134 valence electrons. The molecule has 3 rings (SSSR count). The molecule has 0 bridgehead atoms. The molecule has 0 spiro atoms. The number of benzene rings is 1. The second kappa shape index (κ2) is 8.25. The normalized spacial score (nSPS) is 18.2. The molecule has 0 radical (unpaired) electrons. The average molecular weight is 344 g/mol. The smallest absolute Gasteiger partial charge is 0.234 e. The van der Waals surface area contributed by atoms with E-state index in [4.69, 9.17) is 0 Å². The van der Waals surface area contributed by atoms with Crippen LogP contribution >= 0.6 is 0 Å². The van der Waals surface area contributed by atoms with Gasteiger partial charge >= 0.3 is 0 Å². The first-order chi connectivity index (χ1) is 12.1. The lowest BCUT2D eigenvalue weighted by atomic mass is 10.0. The minimum Gasteiger partial charge on any atom is -0.351 e. The van der Waals surface area contributed by atoms with E-state index in [2.05, 4.69) is 15.3 Å². The predicted octanol–water partition coefficient (Wildman–Crippen LogP) is 2.50. The van der Waals surface area contributed by atoms with Crippen molar-refractivity contribution in [2.75, 3.05) is 13.1 Å². The van der Waals surface area contributed by atoms with Crippen molar-refractivity contribution < 1.29 is 9.18 Å². The summed E-state index contributed by atoms with van der Waals surface area (Å²) in [5, 5.41) is 7.19. The summed E-state index contributed by atoms with van der Waals surface area (Å²) in [6.45, 7) is 4.31. The molecular weight excluding hydrogens is 319 g/mol. The van der Waals surface area contributed by atoms with Crippen LogP contribution in [0.5, 0.6) is 0 Å². The number of halogens is 1. The zero-order valence-electron chi connectivity index (χ0n) is 14.6. The van der Waals surface area contributed by atoms with Crippen LogP contribution in [0.15, 0.2) is 36.7 Å². The molecule has 1 amide bonds. The monoisotopic (exact) mass is 344 g/mol. The number of piperidine rings is 1. The molecule has 1 aliphatic heterocycles. The number of likely N-dealkylation sites (tertiary alicyclic amines) is 1. The van der Waals surface area contributed by atoms with Crippen LogP contribution in [0, 0.1) is 12.7 Å². The van der Waals surface area contributed by atoms with Gasteiger partial charge in [0.05, 0.1) is 19.3 Å². The van der Waals surface area contributed by atoms with Crippen LogP contribution in [0.25, 0.3) is 0 Å². The molecule has 0 saturated carbocycles. The molecule has 5 nitrogen and oxygen atoms in total. The number of aryl methyl sites for hydroxylation is 1. The Morgan fingerprint density at radius 2 is 2.20 bits per heavy atom. The first kappa shape index (κ1) is 17.6. The Labute approximate surface area is 147 Å². The molecule has 0 aliphatic carbocycles. The maximum absolute atomic E-state index is 13.6. The third-order valence-corrected chi connectivity index (χ3v) is 4.69. The highest BCUT2D eigenvalue weighted by molar-refractivity contribution is 5.78. The second-order valence-corrected chi connectivity index (χ2v) is 6.73. The lowest BCUT2D eigenvalue weighted by molar-refractivity contribution is -0.123. The van der Waals surface area contributed by atoms with Crippen molar-refractivity contribution >= 4 is 5.91 Å². The Hall–Kier alpha value is -2.21. The molecule has 1 N–H and O–H groups in total. The average Bonchev–Trinajstić information content (AvgIpc) is 3.01. The fraction of sp³-hybridized carbons (Fsp3) is 0.474. The van der Waals surface area contributed by atoms with E-state index in [1.807, 2.05) is 24.0 Å². The summed E-state index contributed by atoms with van der Waals surface area (Å²) in [5.41, 5.74) is 1.66. The van der Waals surface area contributed by atoms with Crippen molar-refractivity contribution in [2.24, 2.45) is 0 Å². The van der Waals surface area contributed by atoms with Gasteiger partial charge in [0, 0.05) is 24.3 Å². The molecule has 2 heterocycles. The molecule has 1 aromatic carbocycles. The third-order valence-electron chi connectivity index (χ3n) is 4.69. The molecule has 0 unspecified atom stereocenters. The number of rotatable bonds is 6. The molecule has 2 aromatic rings. The number of amides is 1. The highest BCUT2D eigenvalue weighted by atomic mass is 19.1. The van der Waals surface area contributed by atoms with Crippen LogP contribution in [0.1, 0.15) is 30.4 Å². The molecule has 1 aliphatic rings. The van der Waals surface area contributed by atoms with Gasteiger partial charge in [-0.05, 0) is 37.9 Å². The first-order valence-electron chi connectivity index (χ1n) is 8.85. The Morgan fingerprint density at radius 3 is 2.96 bits per heavy atom. The molecule has 6 heteroatoms. The van der Waals surface area contributed by atoms with Crippen LogP contribution < -0.4 is 5.32 Å². The van der Waals surface area contributed by atoms with Gasteiger partial charge in [0.25, 0.3) is 0 Å². The zero-order chi connectivity index (χ0) is 17.6. The molecule has 1 atom stereocenters. The van der Waals surface area contributed by atoms with Crippen molar-refractivity contribution in [2.45, 2.75) is 45.3 Å². The largest absolute Gasteiger partial charge is 0.351 e. The highest BCUT2D eigenvalue weighted by Crippen LogP contribution is 2.18. The fourth-order valence-corrected chi connectivity index (χ4v) is 3.33. The van der Waals surface area contributed by atoms with Gasteiger partial charge in [-0.3, -0.25) is 14.4 Å². The van der Waals surface area contributed by atoms with E-state index in [0.717, 1.165) is 31.5 Å². The van der Waals surface area contributed by atoms with E-state index in [-0.39, 0.29) is 18.3 Å². The number of carbonyl (C=O) groups is 1. The molecule has 1 saturated heterocycles. The lowest BCUT2D eigenvalue weighted by Gasteiger charge is -2.35. The topological polar surface area (TPSA) is 50.2 Å². The van der Waals surface area contributed by atoms with E-state index in [9.17, 15) is 9.18 Å². The van der Waals surface area contributed by atoms with E-state index < -0.39 is 0 Å². The number of carbonyl (C=O) groups excluding carboxylic acids is 1. The van der Waals surface area contributed by atoms with Gasteiger partial charge in [0.15, 0.2) is 0 Å². The van der Waals surface area contributed by atoms with Crippen molar-refractivity contribution in [3.63, 3.8) is 0 Å². The van der Waals surface area contributed by atoms with E-state index >= 15 is 0 Å². The van der Waals surface area contributed by atoms with E-state index in [1.54, 1.807) is 18.2 Å². The Bertz CT molecular complexity index is 715. The van der Waals surface area contributed by atoms with Crippen LogP contribution in [0.3, 0.4) is 0 Å². The van der Waals surface area contributed by atoms with Gasteiger partial charge in [-0.1, -0.05) is 24.6 Å². The Morgan fingerprint density at radius 1 is 1.36 bits per heavy atom. The van der Waals surface area contributed by atoms with E-state index in [1.165, 1.54) is 12.5 Å².